The fourth-order valence-electron chi connectivity index (χ4n) is 1.43. The Morgan fingerprint density at radius 1 is 1.18 bits per heavy atom. The van der Waals surface area contributed by atoms with Gasteiger partial charge in [-0.2, -0.15) is 0 Å². The molecule has 0 heterocycles. The summed E-state index contributed by atoms with van der Waals surface area (Å²) in [6.45, 7) is 7.53. The van der Waals surface area contributed by atoms with Crippen LogP contribution >= 0.6 is 11.8 Å². The standard InChI is InChI=1S/C14H22FNS/c1-14(2,3)16-10-6-7-11-17-13-9-5-4-8-12(13)15/h4-5,8-9,16H,6-7,10-11H2,1-3H3. The molecular weight excluding hydrogens is 233 g/mol. The first-order valence-electron chi connectivity index (χ1n) is 6.11. The summed E-state index contributed by atoms with van der Waals surface area (Å²) in [6, 6.07) is 6.97. The van der Waals surface area contributed by atoms with Gasteiger partial charge in [-0.15, -0.1) is 11.8 Å². The van der Waals surface area contributed by atoms with E-state index in [2.05, 4.69) is 26.1 Å². The molecule has 1 rings (SSSR count). The lowest BCUT2D eigenvalue weighted by molar-refractivity contribution is 0.421. The van der Waals surface area contributed by atoms with E-state index >= 15 is 0 Å². The first kappa shape index (κ1) is 14.5. The minimum atomic E-state index is -0.106. The number of benzene rings is 1. The molecule has 0 aromatic heterocycles. The first-order chi connectivity index (χ1) is 7.99. The van der Waals surface area contributed by atoms with E-state index in [1.54, 1.807) is 17.8 Å². The van der Waals surface area contributed by atoms with Crippen LogP contribution in [0.25, 0.3) is 0 Å². The number of unbranched alkanes of at least 4 members (excludes halogenated alkanes) is 1. The first-order valence-corrected chi connectivity index (χ1v) is 7.10. The van der Waals surface area contributed by atoms with Crippen molar-refractivity contribution >= 4 is 11.8 Å². The second kappa shape index (κ2) is 7.02. The molecule has 96 valence electrons. The van der Waals surface area contributed by atoms with E-state index in [4.69, 9.17) is 0 Å². The Labute approximate surface area is 108 Å². The molecule has 3 heteroatoms. The summed E-state index contributed by atoms with van der Waals surface area (Å²) in [6.07, 6.45) is 2.25. The van der Waals surface area contributed by atoms with Crippen molar-refractivity contribution in [2.75, 3.05) is 12.3 Å². The SMILES string of the molecule is CC(C)(C)NCCCCSc1ccccc1F. The van der Waals surface area contributed by atoms with Crippen LogP contribution < -0.4 is 5.32 Å². The molecule has 17 heavy (non-hydrogen) atoms. The van der Waals surface area contributed by atoms with Gasteiger partial charge in [-0.1, -0.05) is 12.1 Å². The number of thioether (sulfide) groups is 1. The van der Waals surface area contributed by atoms with Gasteiger partial charge < -0.3 is 5.32 Å². The van der Waals surface area contributed by atoms with Gasteiger partial charge in [0.1, 0.15) is 5.82 Å². The molecule has 0 aliphatic heterocycles. The van der Waals surface area contributed by atoms with Crippen molar-refractivity contribution in [2.45, 2.75) is 44.0 Å². The van der Waals surface area contributed by atoms with E-state index < -0.39 is 0 Å². The van der Waals surface area contributed by atoms with Gasteiger partial charge in [-0.25, -0.2) is 4.39 Å². The average Bonchev–Trinajstić information content (AvgIpc) is 2.24. The summed E-state index contributed by atoms with van der Waals surface area (Å²) in [5.74, 6) is 0.873. The van der Waals surface area contributed by atoms with Crippen LogP contribution in [0.2, 0.25) is 0 Å². The molecule has 0 amide bonds. The maximum atomic E-state index is 13.3. The van der Waals surface area contributed by atoms with Crippen LogP contribution in [0, 0.1) is 5.82 Å². The van der Waals surface area contributed by atoms with Crippen molar-refractivity contribution in [3.63, 3.8) is 0 Å². The van der Waals surface area contributed by atoms with Crippen molar-refractivity contribution < 1.29 is 4.39 Å². The molecule has 0 saturated heterocycles. The molecule has 0 unspecified atom stereocenters. The van der Waals surface area contributed by atoms with Crippen LogP contribution in [0.5, 0.6) is 0 Å². The summed E-state index contributed by atoms with van der Waals surface area (Å²) in [5, 5.41) is 3.45. The van der Waals surface area contributed by atoms with Crippen LogP contribution in [-0.4, -0.2) is 17.8 Å². The molecular formula is C14H22FNS. The van der Waals surface area contributed by atoms with E-state index in [0.29, 0.717) is 0 Å². The highest BCUT2D eigenvalue weighted by Gasteiger charge is 2.07. The monoisotopic (exact) mass is 255 g/mol. The van der Waals surface area contributed by atoms with Crippen LogP contribution in [0.1, 0.15) is 33.6 Å². The van der Waals surface area contributed by atoms with Crippen LogP contribution in [0.3, 0.4) is 0 Å². The molecule has 0 aliphatic carbocycles. The smallest absolute Gasteiger partial charge is 0.136 e. The highest BCUT2D eigenvalue weighted by molar-refractivity contribution is 7.99. The molecule has 1 nitrogen and oxygen atoms in total. The Bertz CT molecular complexity index is 333. The van der Waals surface area contributed by atoms with Crippen LogP contribution in [-0.2, 0) is 0 Å². The summed E-state index contributed by atoms with van der Waals surface area (Å²) in [7, 11) is 0. The fraction of sp³-hybridized carbons (Fsp3) is 0.571. The van der Waals surface area contributed by atoms with Gasteiger partial charge in [0.2, 0.25) is 0 Å². The van der Waals surface area contributed by atoms with Gasteiger partial charge in [0, 0.05) is 10.4 Å². The molecule has 0 atom stereocenters. The quantitative estimate of drug-likeness (QED) is 0.607. The van der Waals surface area contributed by atoms with E-state index in [0.717, 1.165) is 30.0 Å². The second-order valence-corrected chi connectivity index (χ2v) is 6.30. The maximum Gasteiger partial charge on any atom is 0.136 e. The lowest BCUT2D eigenvalue weighted by atomic mass is 10.1. The van der Waals surface area contributed by atoms with Crippen molar-refractivity contribution in [1.82, 2.24) is 5.32 Å². The molecule has 1 aromatic carbocycles. The number of hydrogen-bond donors (Lipinski definition) is 1. The van der Waals surface area contributed by atoms with E-state index in [1.807, 2.05) is 12.1 Å². The van der Waals surface area contributed by atoms with Gasteiger partial charge >= 0.3 is 0 Å². The Balaban J connectivity index is 2.11. The van der Waals surface area contributed by atoms with Gasteiger partial charge in [-0.3, -0.25) is 0 Å². The molecule has 0 aliphatic rings. The zero-order valence-corrected chi connectivity index (χ0v) is 11.7. The maximum absolute atomic E-state index is 13.3. The predicted octanol–water partition coefficient (Wildman–Crippen LogP) is 4.09. The molecule has 0 bridgehead atoms. The molecule has 1 aromatic rings. The summed E-state index contributed by atoms with van der Waals surface area (Å²) in [5.41, 5.74) is 0.193. The average molecular weight is 255 g/mol. The predicted molar refractivity (Wildman–Crippen MR) is 74.1 cm³/mol. The molecule has 0 saturated carbocycles. The van der Waals surface area contributed by atoms with Gasteiger partial charge in [0.25, 0.3) is 0 Å². The van der Waals surface area contributed by atoms with Crippen molar-refractivity contribution in [3.05, 3.63) is 30.1 Å². The number of hydrogen-bond acceptors (Lipinski definition) is 2. The van der Waals surface area contributed by atoms with Crippen molar-refractivity contribution in [2.24, 2.45) is 0 Å². The fourth-order valence-corrected chi connectivity index (χ4v) is 2.38. The Morgan fingerprint density at radius 2 is 1.88 bits per heavy atom. The van der Waals surface area contributed by atoms with Crippen LogP contribution in [0.4, 0.5) is 4.39 Å². The van der Waals surface area contributed by atoms with Gasteiger partial charge in [0.15, 0.2) is 0 Å². The third kappa shape index (κ3) is 6.69. The molecule has 1 N–H and O–H groups in total. The third-order valence-corrected chi connectivity index (χ3v) is 3.46. The Morgan fingerprint density at radius 3 is 2.53 bits per heavy atom. The van der Waals surface area contributed by atoms with E-state index in [1.165, 1.54) is 6.07 Å². The van der Waals surface area contributed by atoms with Crippen molar-refractivity contribution in [3.8, 4) is 0 Å². The summed E-state index contributed by atoms with van der Waals surface area (Å²) >= 11 is 1.60. The third-order valence-electron chi connectivity index (χ3n) is 2.32. The molecule has 0 spiro atoms. The van der Waals surface area contributed by atoms with E-state index in [-0.39, 0.29) is 11.4 Å². The Hall–Kier alpha value is -0.540. The van der Waals surface area contributed by atoms with E-state index in [9.17, 15) is 4.39 Å². The minimum absolute atomic E-state index is 0.106. The Kier molecular flexibility index (Phi) is 6.00. The minimum Gasteiger partial charge on any atom is -0.312 e. The number of rotatable bonds is 6. The normalized spacial score (nSPS) is 11.8. The van der Waals surface area contributed by atoms with Gasteiger partial charge in [0.05, 0.1) is 0 Å². The second-order valence-electron chi connectivity index (χ2n) is 5.16. The lowest BCUT2D eigenvalue weighted by Gasteiger charge is -2.20. The lowest BCUT2D eigenvalue weighted by Crippen LogP contribution is -2.36. The summed E-state index contributed by atoms with van der Waals surface area (Å²) in [4.78, 5) is 0.760. The highest BCUT2D eigenvalue weighted by atomic mass is 32.2. The highest BCUT2D eigenvalue weighted by Crippen LogP contribution is 2.22. The zero-order chi connectivity index (χ0) is 12.7. The van der Waals surface area contributed by atoms with Gasteiger partial charge in [-0.05, 0) is 58.0 Å². The number of nitrogens with one attached hydrogen (secondary N) is 1. The molecule has 0 fully saturated rings. The largest absolute Gasteiger partial charge is 0.312 e. The van der Waals surface area contributed by atoms with Crippen LogP contribution in [0.15, 0.2) is 29.2 Å². The zero-order valence-electron chi connectivity index (χ0n) is 10.9. The summed E-state index contributed by atoms with van der Waals surface area (Å²) < 4.78 is 13.3. The topological polar surface area (TPSA) is 12.0 Å². The number of halogens is 1. The molecule has 0 radical (unpaired) electrons. The van der Waals surface area contributed by atoms with Crippen molar-refractivity contribution in [1.29, 1.82) is 0 Å².